The fourth-order valence-electron chi connectivity index (χ4n) is 1.51. The van der Waals surface area contributed by atoms with Gasteiger partial charge in [-0.05, 0) is 18.9 Å². The molecule has 0 bridgehead atoms. The molecule has 2 rings (SSSR count). The first-order valence-corrected chi connectivity index (χ1v) is 5.48. The van der Waals surface area contributed by atoms with Crippen molar-refractivity contribution in [1.29, 1.82) is 0 Å². The molecule has 1 N–H and O–H groups in total. The van der Waals surface area contributed by atoms with Crippen molar-refractivity contribution >= 4 is 5.91 Å². The van der Waals surface area contributed by atoms with Crippen LogP contribution in [0.1, 0.15) is 18.5 Å². The molecular formula is C11H16N4O. The van der Waals surface area contributed by atoms with Crippen LogP contribution in [-0.4, -0.2) is 40.4 Å². The second-order valence-corrected chi connectivity index (χ2v) is 4.04. The molecule has 0 unspecified atom stereocenters. The van der Waals surface area contributed by atoms with Crippen LogP contribution >= 0.6 is 0 Å². The van der Waals surface area contributed by atoms with Gasteiger partial charge in [-0.1, -0.05) is 0 Å². The van der Waals surface area contributed by atoms with Crippen LogP contribution in [0.4, 0.5) is 0 Å². The summed E-state index contributed by atoms with van der Waals surface area (Å²) in [4.78, 5) is 21.4. The number of rotatable bonds is 5. The molecular weight excluding hydrogens is 204 g/mol. The fourth-order valence-corrected chi connectivity index (χ4v) is 1.51. The van der Waals surface area contributed by atoms with Gasteiger partial charge >= 0.3 is 0 Å². The predicted octanol–water partition coefficient (Wildman–Crippen LogP) is 0.187. The van der Waals surface area contributed by atoms with E-state index in [1.807, 2.05) is 18.0 Å². The van der Waals surface area contributed by atoms with Crippen LogP contribution in [0.2, 0.25) is 0 Å². The molecule has 5 heteroatoms. The SMILES string of the molecule is CN(C(=O)CNCc1ccncn1)C1CC1. The minimum Gasteiger partial charge on any atom is -0.342 e. The van der Waals surface area contributed by atoms with E-state index in [9.17, 15) is 4.79 Å². The minimum atomic E-state index is 0.150. The third-order valence-corrected chi connectivity index (χ3v) is 2.71. The van der Waals surface area contributed by atoms with Crippen molar-refractivity contribution in [3.63, 3.8) is 0 Å². The number of amides is 1. The summed E-state index contributed by atoms with van der Waals surface area (Å²) in [5.74, 6) is 0.150. The Morgan fingerprint density at radius 3 is 3.06 bits per heavy atom. The van der Waals surface area contributed by atoms with Gasteiger partial charge in [0.05, 0.1) is 12.2 Å². The van der Waals surface area contributed by atoms with Crippen molar-refractivity contribution in [2.24, 2.45) is 0 Å². The summed E-state index contributed by atoms with van der Waals surface area (Å²) in [5.41, 5.74) is 0.900. The van der Waals surface area contributed by atoms with Gasteiger partial charge in [-0.3, -0.25) is 4.79 Å². The molecule has 1 heterocycles. The Morgan fingerprint density at radius 1 is 1.62 bits per heavy atom. The fraction of sp³-hybridized carbons (Fsp3) is 0.545. The summed E-state index contributed by atoms with van der Waals surface area (Å²) in [5, 5.41) is 3.08. The lowest BCUT2D eigenvalue weighted by Crippen LogP contribution is -2.36. The second kappa shape index (κ2) is 5.03. The third kappa shape index (κ3) is 3.00. The smallest absolute Gasteiger partial charge is 0.236 e. The van der Waals surface area contributed by atoms with Crippen LogP contribution in [-0.2, 0) is 11.3 Å². The number of nitrogens with zero attached hydrogens (tertiary/aromatic N) is 3. The van der Waals surface area contributed by atoms with Crippen LogP contribution < -0.4 is 5.32 Å². The number of nitrogens with one attached hydrogen (secondary N) is 1. The first kappa shape index (κ1) is 11.0. The third-order valence-electron chi connectivity index (χ3n) is 2.71. The highest BCUT2D eigenvalue weighted by molar-refractivity contribution is 5.78. The molecule has 5 nitrogen and oxygen atoms in total. The number of likely N-dealkylation sites (N-methyl/N-ethyl adjacent to an activating group) is 1. The van der Waals surface area contributed by atoms with Crippen molar-refractivity contribution in [2.75, 3.05) is 13.6 Å². The lowest BCUT2D eigenvalue weighted by molar-refractivity contribution is -0.129. The van der Waals surface area contributed by atoms with Crippen molar-refractivity contribution in [2.45, 2.75) is 25.4 Å². The maximum absolute atomic E-state index is 11.6. The van der Waals surface area contributed by atoms with Gasteiger partial charge in [-0.25, -0.2) is 9.97 Å². The Balaban J connectivity index is 1.69. The molecule has 1 saturated carbocycles. The highest BCUT2D eigenvalue weighted by Crippen LogP contribution is 2.24. The highest BCUT2D eigenvalue weighted by Gasteiger charge is 2.28. The monoisotopic (exact) mass is 220 g/mol. The lowest BCUT2D eigenvalue weighted by atomic mass is 10.4. The molecule has 1 amide bonds. The molecule has 0 atom stereocenters. The van der Waals surface area contributed by atoms with E-state index in [4.69, 9.17) is 0 Å². The topological polar surface area (TPSA) is 58.1 Å². The van der Waals surface area contributed by atoms with Crippen molar-refractivity contribution in [3.05, 3.63) is 24.3 Å². The van der Waals surface area contributed by atoms with Crippen molar-refractivity contribution in [3.8, 4) is 0 Å². The van der Waals surface area contributed by atoms with Gasteiger partial charge in [0.25, 0.3) is 0 Å². The van der Waals surface area contributed by atoms with E-state index in [0.29, 0.717) is 19.1 Å². The van der Waals surface area contributed by atoms with E-state index in [2.05, 4.69) is 15.3 Å². The van der Waals surface area contributed by atoms with Crippen LogP contribution in [0, 0.1) is 0 Å². The molecule has 1 aliphatic rings. The molecule has 0 aliphatic heterocycles. The summed E-state index contributed by atoms with van der Waals surface area (Å²) in [6, 6.07) is 2.32. The molecule has 16 heavy (non-hydrogen) atoms. The van der Waals surface area contributed by atoms with Gasteiger partial charge in [-0.2, -0.15) is 0 Å². The van der Waals surface area contributed by atoms with Crippen LogP contribution in [0.5, 0.6) is 0 Å². The average Bonchev–Trinajstić information content (AvgIpc) is 3.13. The molecule has 0 spiro atoms. The van der Waals surface area contributed by atoms with Crippen LogP contribution in [0.3, 0.4) is 0 Å². The van der Waals surface area contributed by atoms with E-state index < -0.39 is 0 Å². The quantitative estimate of drug-likeness (QED) is 0.769. The maximum Gasteiger partial charge on any atom is 0.236 e. The number of carbonyl (C=O) groups excluding carboxylic acids is 1. The van der Waals surface area contributed by atoms with E-state index in [-0.39, 0.29) is 5.91 Å². The van der Waals surface area contributed by atoms with Crippen molar-refractivity contribution < 1.29 is 4.79 Å². The van der Waals surface area contributed by atoms with E-state index in [1.54, 1.807) is 6.20 Å². The number of carbonyl (C=O) groups is 1. The highest BCUT2D eigenvalue weighted by atomic mass is 16.2. The predicted molar refractivity (Wildman–Crippen MR) is 59.5 cm³/mol. The van der Waals surface area contributed by atoms with Gasteiger partial charge in [0, 0.05) is 25.8 Å². The maximum atomic E-state index is 11.6. The standard InChI is InChI=1S/C11H16N4O/c1-15(10-2-3-10)11(16)7-13-6-9-4-5-12-8-14-9/h4-5,8,10,13H,2-3,6-7H2,1H3. The summed E-state index contributed by atoms with van der Waals surface area (Å²) in [7, 11) is 1.87. The first-order chi connectivity index (χ1) is 7.77. The molecule has 1 fully saturated rings. The summed E-state index contributed by atoms with van der Waals surface area (Å²) < 4.78 is 0. The zero-order valence-electron chi connectivity index (χ0n) is 9.39. The van der Waals surface area contributed by atoms with Crippen LogP contribution in [0.15, 0.2) is 18.6 Å². The normalized spacial score (nSPS) is 14.8. The van der Waals surface area contributed by atoms with Gasteiger partial charge in [0.15, 0.2) is 0 Å². The number of hydrogen-bond donors (Lipinski definition) is 1. The van der Waals surface area contributed by atoms with Gasteiger partial charge < -0.3 is 10.2 Å². The average molecular weight is 220 g/mol. The molecule has 1 aliphatic carbocycles. The van der Waals surface area contributed by atoms with Gasteiger partial charge in [0.2, 0.25) is 5.91 Å². The summed E-state index contributed by atoms with van der Waals surface area (Å²) >= 11 is 0. The van der Waals surface area contributed by atoms with Gasteiger partial charge in [0.1, 0.15) is 6.33 Å². The Labute approximate surface area is 94.9 Å². The first-order valence-electron chi connectivity index (χ1n) is 5.48. The Bertz CT molecular complexity index is 350. The van der Waals surface area contributed by atoms with E-state index >= 15 is 0 Å². The second-order valence-electron chi connectivity index (χ2n) is 4.04. The molecule has 1 aromatic heterocycles. The van der Waals surface area contributed by atoms with E-state index in [0.717, 1.165) is 18.5 Å². The largest absolute Gasteiger partial charge is 0.342 e. The van der Waals surface area contributed by atoms with Gasteiger partial charge in [-0.15, -0.1) is 0 Å². The number of hydrogen-bond acceptors (Lipinski definition) is 4. The molecule has 1 aromatic rings. The number of aromatic nitrogens is 2. The zero-order valence-corrected chi connectivity index (χ0v) is 9.39. The van der Waals surface area contributed by atoms with E-state index in [1.165, 1.54) is 6.33 Å². The summed E-state index contributed by atoms with van der Waals surface area (Å²) in [6.45, 7) is 0.976. The minimum absolute atomic E-state index is 0.150. The Morgan fingerprint density at radius 2 is 2.44 bits per heavy atom. The lowest BCUT2D eigenvalue weighted by Gasteiger charge is -2.16. The molecule has 0 saturated heterocycles. The van der Waals surface area contributed by atoms with Crippen molar-refractivity contribution in [1.82, 2.24) is 20.2 Å². The Kier molecular flexibility index (Phi) is 3.46. The Hall–Kier alpha value is -1.49. The summed E-state index contributed by atoms with van der Waals surface area (Å²) in [6.07, 6.45) is 5.50. The van der Waals surface area contributed by atoms with Crippen LogP contribution in [0.25, 0.3) is 0 Å². The molecule has 0 radical (unpaired) electrons. The molecule has 0 aromatic carbocycles. The molecule has 86 valence electrons. The zero-order chi connectivity index (χ0) is 11.4.